The Kier molecular flexibility index (Phi) is 8.03. The third kappa shape index (κ3) is 5.80. The average molecular weight is 526 g/mol. The van der Waals surface area contributed by atoms with E-state index in [1.54, 1.807) is 4.90 Å². The molecule has 1 aliphatic heterocycles. The number of aromatic carboxylic acids is 1. The second-order valence-electron chi connectivity index (χ2n) is 9.25. The summed E-state index contributed by atoms with van der Waals surface area (Å²) in [6.07, 6.45) is 0.0606. The van der Waals surface area contributed by atoms with Crippen molar-refractivity contribution in [2.45, 2.75) is 57.3 Å². The van der Waals surface area contributed by atoms with Crippen molar-refractivity contribution in [3.63, 3.8) is 0 Å². The highest BCUT2D eigenvalue weighted by atomic mass is 19.1. The maximum atomic E-state index is 15.6. The molecule has 202 valence electrons. The van der Waals surface area contributed by atoms with Crippen molar-refractivity contribution >= 4 is 40.2 Å². The number of aliphatic hydroxyl groups is 1. The number of aliphatic hydroxyl groups excluding tert-OH is 1. The molecule has 2 aliphatic rings. The van der Waals surface area contributed by atoms with Crippen LogP contribution < -0.4 is 21.4 Å². The van der Waals surface area contributed by atoms with Crippen LogP contribution in [0.1, 0.15) is 49.5 Å². The highest BCUT2D eigenvalue weighted by molar-refractivity contribution is 5.99. The third-order valence-corrected chi connectivity index (χ3v) is 6.06. The zero-order chi connectivity index (χ0) is 27.8. The van der Waals surface area contributed by atoms with E-state index >= 15 is 8.78 Å². The van der Waals surface area contributed by atoms with E-state index in [9.17, 15) is 24.3 Å². The summed E-state index contributed by atoms with van der Waals surface area (Å²) in [6, 6.07) is -0.103. The first kappa shape index (κ1) is 27.8. The van der Waals surface area contributed by atoms with Crippen LogP contribution in [0, 0.1) is 11.6 Å². The Balaban J connectivity index is 0.000000364. The number of nitrogens with two attached hydrogens (primary N) is 1. The van der Waals surface area contributed by atoms with Gasteiger partial charge in [-0.15, -0.1) is 0 Å². The first-order valence-corrected chi connectivity index (χ1v) is 11.5. The number of fused-ring (bicyclic) bond motifs is 1. The minimum absolute atomic E-state index is 0.0134. The zero-order valence-corrected chi connectivity index (χ0v) is 20.1. The van der Waals surface area contributed by atoms with E-state index in [-0.39, 0.29) is 29.3 Å². The number of nitrogens with zero attached hydrogens (tertiary/aromatic N) is 2. The van der Waals surface area contributed by atoms with Crippen molar-refractivity contribution in [2.24, 2.45) is 0 Å². The summed E-state index contributed by atoms with van der Waals surface area (Å²) < 4.78 is 32.2. The summed E-state index contributed by atoms with van der Waals surface area (Å²) in [5.74, 6) is -6.19. The molecule has 0 amide bonds. The molecule has 1 saturated carbocycles. The van der Waals surface area contributed by atoms with Crippen LogP contribution >= 0.6 is 0 Å². The number of aromatic nitrogens is 1. The van der Waals surface area contributed by atoms with Crippen molar-refractivity contribution in [2.75, 3.05) is 23.7 Å². The van der Waals surface area contributed by atoms with Gasteiger partial charge in [0.1, 0.15) is 11.3 Å². The average Bonchev–Trinajstić information content (AvgIpc) is 3.62. The number of piperazine rings is 1. The Bertz CT molecular complexity index is 1300. The van der Waals surface area contributed by atoms with Gasteiger partial charge in [0, 0.05) is 37.4 Å². The quantitative estimate of drug-likeness (QED) is 0.294. The molecule has 12 nitrogen and oxygen atoms in total. The van der Waals surface area contributed by atoms with Crippen molar-refractivity contribution in [3.8, 4) is 0 Å². The molecule has 7 N–H and O–H groups in total. The highest BCUT2D eigenvalue weighted by Crippen LogP contribution is 2.41. The molecule has 0 radical (unpaired) electrons. The lowest BCUT2D eigenvalue weighted by molar-refractivity contribution is -0.152. The van der Waals surface area contributed by atoms with Crippen molar-refractivity contribution in [1.82, 2.24) is 9.88 Å². The highest BCUT2D eigenvalue weighted by Gasteiger charge is 2.34. The number of benzene rings is 1. The largest absolute Gasteiger partial charge is 0.481 e. The summed E-state index contributed by atoms with van der Waals surface area (Å²) in [6.45, 7) is 4.60. The second kappa shape index (κ2) is 10.7. The van der Waals surface area contributed by atoms with Crippen LogP contribution in [0.15, 0.2) is 11.0 Å². The van der Waals surface area contributed by atoms with Crippen LogP contribution in [0.4, 0.5) is 20.2 Å². The van der Waals surface area contributed by atoms with E-state index in [4.69, 9.17) is 21.1 Å². The molecule has 0 bridgehead atoms. The van der Waals surface area contributed by atoms with Crippen LogP contribution in [0.25, 0.3) is 10.9 Å². The Morgan fingerprint density at radius 2 is 1.68 bits per heavy atom. The van der Waals surface area contributed by atoms with E-state index in [0.717, 1.165) is 19.0 Å². The van der Waals surface area contributed by atoms with Gasteiger partial charge in [-0.3, -0.25) is 9.59 Å². The van der Waals surface area contributed by atoms with Gasteiger partial charge in [-0.2, -0.15) is 0 Å². The number of anilines is 2. The van der Waals surface area contributed by atoms with Gasteiger partial charge in [0.15, 0.2) is 17.7 Å². The third-order valence-electron chi connectivity index (χ3n) is 6.06. The minimum Gasteiger partial charge on any atom is -0.481 e. The van der Waals surface area contributed by atoms with E-state index in [2.05, 4.69) is 5.32 Å². The van der Waals surface area contributed by atoms with Gasteiger partial charge in [-0.25, -0.2) is 18.4 Å². The predicted molar refractivity (Wildman–Crippen MR) is 128 cm³/mol. The monoisotopic (exact) mass is 526 g/mol. The van der Waals surface area contributed by atoms with E-state index in [0.29, 0.717) is 13.1 Å². The molecule has 4 rings (SSSR count). The van der Waals surface area contributed by atoms with Crippen LogP contribution in [-0.4, -0.2) is 74.2 Å². The number of nitrogen functional groups attached to an aromatic ring is 1. The number of aliphatic carboxylic acids is 2. The molecule has 1 aromatic carbocycles. The molecule has 37 heavy (non-hydrogen) atoms. The fourth-order valence-corrected chi connectivity index (χ4v) is 4.39. The normalized spacial score (nSPS) is 20.2. The molecule has 2 fully saturated rings. The van der Waals surface area contributed by atoms with Gasteiger partial charge in [-0.05, 0) is 26.7 Å². The topological polar surface area (TPSA) is 195 Å². The molecule has 3 atom stereocenters. The van der Waals surface area contributed by atoms with Crippen LogP contribution in [0.3, 0.4) is 0 Å². The molecule has 1 unspecified atom stereocenters. The summed E-state index contributed by atoms with van der Waals surface area (Å²) in [7, 11) is 0. The van der Waals surface area contributed by atoms with Gasteiger partial charge in [0.05, 0.1) is 23.0 Å². The van der Waals surface area contributed by atoms with Crippen molar-refractivity contribution in [1.29, 1.82) is 0 Å². The van der Waals surface area contributed by atoms with Gasteiger partial charge in [0.2, 0.25) is 5.43 Å². The summed E-state index contributed by atoms with van der Waals surface area (Å²) in [5.41, 5.74) is 3.54. The number of nitrogens with one attached hydrogen (secondary N) is 1. The molecule has 0 spiro atoms. The molecule has 1 saturated heterocycles. The lowest BCUT2D eigenvalue weighted by Crippen LogP contribution is -2.54. The van der Waals surface area contributed by atoms with E-state index in [1.165, 1.54) is 4.57 Å². The molecular formula is C23H28F2N4O8. The number of carboxylic acid groups (broad SMARTS) is 3. The lowest BCUT2D eigenvalue weighted by Gasteiger charge is -2.38. The maximum Gasteiger partial charge on any atom is 0.341 e. The predicted octanol–water partition coefficient (Wildman–Crippen LogP) is 0.988. The van der Waals surface area contributed by atoms with Crippen LogP contribution in [-0.2, 0) is 9.59 Å². The van der Waals surface area contributed by atoms with Crippen molar-refractivity contribution < 1.29 is 43.6 Å². The number of pyridine rings is 1. The van der Waals surface area contributed by atoms with Crippen molar-refractivity contribution in [3.05, 3.63) is 33.6 Å². The standard InChI is InChI=1S/C19H22F2N4O3.C4H6O5/c1-8-5-24(6-9(2)23-8)17-13(20)15(22)12-16(14(17)21)25(10-3-4-10)7-11(18(12)26)19(27)28;5-2(4(8)9)1-3(6)7/h7-10,23H,3-6,22H2,1-2H3,(H,27,28);2,5H,1H2,(H,6,7)(H,8,9)/t8-,9+;. The number of hydrogen-bond acceptors (Lipinski definition) is 8. The molecule has 2 aromatic rings. The minimum atomic E-state index is -1.79. The summed E-state index contributed by atoms with van der Waals surface area (Å²) in [5, 5.41) is 36.4. The van der Waals surface area contributed by atoms with Crippen LogP contribution in [0.2, 0.25) is 0 Å². The van der Waals surface area contributed by atoms with Gasteiger partial charge < -0.3 is 40.9 Å². The summed E-state index contributed by atoms with van der Waals surface area (Å²) in [4.78, 5) is 45.1. The lowest BCUT2D eigenvalue weighted by atomic mass is 10.0. The zero-order valence-electron chi connectivity index (χ0n) is 20.1. The number of rotatable bonds is 6. The number of carbonyl (C=O) groups is 3. The molecule has 14 heteroatoms. The Morgan fingerprint density at radius 3 is 2.11 bits per heavy atom. The van der Waals surface area contributed by atoms with Crippen LogP contribution in [0.5, 0.6) is 0 Å². The smallest absolute Gasteiger partial charge is 0.341 e. The van der Waals surface area contributed by atoms with E-state index < -0.39 is 64.1 Å². The van der Waals surface area contributed by atoms with Gasteiger partial charge >= 0.3 is 17.9 Å². The Hall–Kier alpha value is -3.78. The number of halogens is 2. The second-order valence-corrected chi connectivity index (χ2v) is 9.25. The fraction of sp³-hybridized carbons (Fsp3) is 0.478. The molecule has 2 heterocycles. The maximum absolute atomic E-state index is 15.6. The molecular weight excluding hydrogens is 498 g/mol. The Labute approximate surface area is 208 Å². The fourth-order valence-electron chi connectivity index (χ4n) is 4.39. The molecule has 1 aromatic heterocycles. The Morgan fingerprint density at radius 1 is 1.11 bits per heavy atom. The SMILES string of the molecule is C[C@@H]1CN(c2c(F)c(N)c3c(=O)c(C(=O)O)cn(C4CC4)c3c2F)C[C@H](C)N1.O=C(O)CC(O)C(=O)O. The van der Waals surface area contributed by atoms with E-state index in [1.807, 2.05) is 13.8 Å². The number of hydrogen-bond donors (Lipinski definition) is 6. The molecule has 1 aliphatic carbocycles. The first-order valence-electron chi connectivity index (χ1n) is 11.5. The van der Waals surface area contributed by atoms with Gasteiger partial charge in [0.25, 0.3) is 0 Å². The number of carboxylic acids is 3. The van der Waals surface area contributed by atoms with Gasteiger partial charge in [-0.1, -0.05) is 0 Å². The summed E-state index contributed by atoms with van der Waals surface area (Å²) >= 11 is 0. The first-order chi connectivity index (χ1) is 17.2.